The zero-order valence-electron chi connectivity index (χ0n) is 13.0. The third-order valence-corrected chi connectivity index (χ3v) is 4.38. The monoisotopic (exact) mass is 304 g/mol. The van der Waals surface area contributed by atoms with Gasteiger partial charge in [0.05, 0.1) is 19.4 Å². The van der Waals surface area contributed by atoms with Crippen molar-refractivity contribution in [2.75, 3.05) is 19.4 Å². The van der Waals surface area contributed by atoms with Crippen LogP contribution < -0.4 is 11.1 Å². The number of hydrogen-bond acceptors (Lipinski definition) is 4. The predicted molar refractivity (Wildman–Crippen MR) is 85.0 cm³/mol. The van der Waals surface area contributed by atoms with Gasteiger partial charge < -0.3 is 15.8 Å². The molecule has 0 spiro atoms. The van der Waals surface area contributed by atoms with Crippen LogP contribution in [0.3, 0.4) is 0 Å². The average Bonchev–Trinajstić information content (AvgIpc) is 2.55. The van der Waals surface area contributed by atoms with Crippen molar-refractivity contribution in [2.45, 2.75) is 32.1 Å². The summed E-state index contributed by atoms with van der Waals surface area (Å²) in [5.74, 6) is 0.356. The molecule has 0 saturated heterocycles. The number of benzene rings is 1. The maximum Gasteiger partial charge on any atom is 0.308 e. The third kappa shape index (κ3) is 4.48. The van der Waals surface area contributed by atoms with E-state index < -0.39 is 0 Å². The van der Waals surface area contributed by atoms with E-state index in [-0.39, 0.29) is 17.8 Å². The first-order valence-electron chi connectivity index (χ1n) is 7.78. The first-order valence-corrected chi connectivity index (χ1v) is 7.78. The van der Waals surface area contributed by atoms with E-state index in [0.717, 1.165) is 31.2 Å². The van der Waals surface area contributed by atoms with Crippen LogP contribution in [0, 0.1) is 11.8 Å². The van der Waals surface area contributed by atoms with E-state index >= 15 is 0 Å². The van der Waals surface area contributed by atoms with Gasteiger partial charge >= 0.3 is 5.97 Å². The number of amides is 1. The summed E-state index contributed by atoms with van der Waals surface area (Å²) >= 11 is 0. The zero-order chi connectivity index (χ0) is 15.9. The van der Waals surface area contributed by atoms with Crippen molar-refractivity contribution in [3.63, 3.8) is 0 Å². The van der Waals surface area contributed by atoms with Crippen molar-refractivity contribution < 1.29 is 14.3 Å². The Balaban J connectivity index is 1.72. The molecule has 0 radical (unpaired) electrons. The molecule has 1 amide bonds. The number of nitrogen functional groups attached to an aromatic ring is 1. The highest BCUT2D eigenvalue weighted by molar-refractivity contribution is 5.80. The van der Waals surface area contributed by atoms with E-state index in [4.69, 9.17) is 10.5 Å². The highest BCUT2D eigenvalue weighted by Crippen LogP contribution is 2.29. The molecule has 120 valence electrons. The Hall–Kier alpha value is -2.04. The molecule has 0 aliphatic heterocycles. The van der Waals surface area contributed by atoms with Crippen molar-refractivity contribution in [1.29, 1.82) is 0 Å². The molecule has 0 heterocycles. The fourth-order valence-corrected chi connectivity index (χ4v) is 2.96. The lowest BCUT2D eigenvalue weighted by atomic mass is 9.82. The van der Waals surface area contributed by atoms with Crippen molar-refractivity contribution in [1.82, 2.24) is 5.32 Å². The molecular weight excluding hydrogens is 280 g/mol. The van der Waals surface area contributed by atoms with Gasteiger partial charge in [-0.25, -0.2) is 0 Å². The van der Waals surface area contributed by atoms with Crippen LogP contribution in [-0.4, -0.2) is 25.5 Å². The highest BCUT2D eigenvalue weighted by Gasteiger charge is 2.26. The first-order chi connectivity index (χ1) is 10.6. The molecule has 1 aliphatic carbocycles. The average molecular weight is 304 g/mol. The summed E-state index contributed by atoms with van der Waals surface area (Å²) in [5.41, 5.74) is 7.35. The highest BCUT2D eigenvalue weighted by atomic mass is 16.5. The number of hydrogen-bond donors (Lipinski definition) is 2. The molecule has 0 bridgehead atoms. The Morgan fingerprint density at radius 3 is 2.55 bits per heavy atom. The Bertz CT molecular complexity index is 522. The molecule has 1 aliphatic rings. The standard InChI is InChI=1S/C17H24N2O3/c1-22-17(21)13-8-6-12(7-9-13)11-19-16(20)10-14-4-2-3-5-15(14)18/h2-5,12-13H,6-11,18H2,1H3,(H,19,20). The summed E-state index contributed by atoms with van der Waals surface area (Å²) < 4.78 is 4.78. The van der Waals surface area contributed by atoms with Crippen LogP contribution in [0.4, 0.5) is 5.69 Å². The van der Waals surface area contributed by atoms with Crippen LogP contribution in [-0.2, 0) is 20.7 Å². The number of anilines is 1. The Morgan fingerprint density at radius 2 is 1.91 bits per heavy atom. The van der Waals surface area contributed by atoms with E-state index in [2.05, 4.69) is 5.32 Å². The SMILES string of the molecule is COC(=O)C1CCC(CNC(=O)Cc2ccccc2N)CC1. The lowest BCUT2D eigenvalue weighted by Crippen LogP contribution is -2.33. The molecule has 1 fully saturated rings. The van der Waals surface area contributed by atoms with Crippen molar-refractivity contribution in [2.24, 2.45) is 11.8 Å². The molecule has 5 heteroatoms. The number of methoxy groups -OCH3 is 1. The van der Waals surface area contributed by atoms with Crippen molar-refractivity contribution >= 4 is 17.6 Å². The molecule has 1 aromatic carbocycles. The van der Waals surface area contributed by atoms with Gasteiger partial charge in [0.25, 0.3) is 0 Å². The van der Waals surface area contributed by atoms with Crippen LogP contribution in [0.5, 0.6) is 0 Å². The molecule has 1 saturated carbocycles. The largest absolute Gasteiger partial charge is 0.469 e. The molecule has 0 aromatic heterocycles. The Morgan fingerprint density at radius 1 is 1.23 bits per heavy atom. The summed E-state index contributed by atoms with van der Waals surface area (Å²) in [6.07, 6.45) is 3.91. The lowest BCUT2D eigenvalue weighted by molar-refractivity contribution is -0.146. The van der Waals surface area contributed by atoms with Gasteiger partial charge in [-0.2, -0.15) is 0 Å². The first kappa shape index (κ1) is 16.3. The number of esters is 1. The molecule has 2 rings (SSSR count). The van der Waals surface area contributed by atoms with Gasteiger partial charge in [0, 0.05) is 12.2 Å². The van der Waals surface area contributed by atoms with Gasteiger partial charge in [0.2, 0.25) is 5.91 Å². The Kier molecular flexibility index (Phi) is 5.81. The summed E-state index contributed by atoms with van der Waals surface area (Å²) in [7, 11) is 1.43. The fraction of sp³-hybridized carbons (Fsp3) is 0.529. The minimum Gasteiger partial charge on any atom is -0.469 e. The van der Waals surface area contributed by atoms with Gasteiger partial charge in [-0.1, -0.05) is 18.2 Å². The molecule has 0 unspecified atom stereocenters. The van der Waals surface area contributed by atoms with E-state index in [1.165, 1.54) is 7.11 Å². The summed E-state index contributed by atoms with van der Waals surface area (Å²) in [6.45, 7) is 0.666. The number of carbonyl (C=O) groups excluding carboxylic acids is 2. The normalized spacial score (nSPS) is 21.1. The van der Waals surface area contributed by atoms with E-state index in [0.29, 0.717) is 24.6 Å². The molecule has 1 aromatic rings. The Labute approximate surface area is 131 Å². The van der Waals surface area contributed by atoms with Gasteiger partial charge in [-0.3, -0.25) is 9.59 Å². The van der Waals surface area contributed by atoms with E-state index in [1.807, 2.05) is 18.2 Å². The van der Waals surface area contributed by atoms with Crippen LogP contribution in [0.15, 0.2) is 24.3 Å². The number of rotatable bonds is 5. The van der Waals surface area contributed by atoms with Crippen molar-refractivity contribution in [3.8, 4) is 0 Å². The fourth-order valence-electron chi connectivity index (χ4n) is 2.96. The van der Waals surface area contributed by atoms with Gasteiger partial charge in [0.1, 0.15) is 0 Å². The quantitative estimate of drug-likeness (QED) is 0.643. The second kappa shape index (κ2) is 7.82. The second-order valence-electron chi connectivity index (χ2n) is 5.92. The molecular formula is C17H24N2O3. The van der Waals surface area contributed by atoms with E-state index in [9.17, 15) is 9.59 Å². The molecule has 0 atom stereocenters. The topological polar surface area (TPSA) is 81.4 Å². The van der Waals surface area contributed by atoms with Crippen LogP contribution in [0.1, 0.15) is 31.2 Å². The third-order valence-electron chi connectivity index (χ3n) is 4.38. The van der Waals surface area contributed by atoms with Crippen LogP contribution >= 0.6 is 0 Å². The minimum absolute atomic E-state index is 0.00649. The molecule has 3 N–H and O–H groups in total. The molecule has 5 nitrogen and oxygen atoms in total. The van der Waals surface area contributed by atoms with Crippen LogP contribution in [0.2, 0.25) is 0 Å². The summed E-state index contributed by atoms with van der Waals surface area (Å²) in [5, 5.41) is 2.98. The number of ether oxygens (including phenoxy) is 1. The van der Waals surface area contributed by atoms with Crippen molar-refractivity contribution in [3.05, 3.63) is 29.8 Å². The number of para-hydroxylation sites is 1. The maximum atomic E-state index is 12.0. The number of nitrogens with one attached hydrogen (secondary N) is 1. The van der Waals surface area contributed by atoms with Crippen LogP contribution in [0.25, 0.3) is 0 Å². The van der Waals surface area contributed by atoms with Gasteiger partial charge in [0.15, 0.2) is 0 Å². The minimum atomic E-state index is -0.109. The second-order valence-corrected chi connectivity index (χ2v) is 5.92. The van der Waals surface area contributed by atoms with Gasteiger partial charge in [-0.15, -0.1) is 0 Å². The zero-order valence-corrected chi connectivity index (χ0v) is 13.0. The summed E-state index contributed by atoms with van der Waals surface area (Å²) in [4.78, 5) is 23.5. The van der Waals surface area contributed by atoms with Gasteiger partial charge in [-0.05, 0) is 43.2 Å². The van der Waals surface area contributed by atoms with E-state index in [1.54, 1.807) is 6.07 Å². The lowest BCUT2D eigenvalue weighted by Gasteiger charge is -2.27. The molecule has 22 heavy (non-hydrogen) atoms. The summed E-state index contributed by atoms with van der Waals surface area (Å²) in [6, 6.07) is 7.41. The number of carbonyl (C=O) groups is 2. The maximum absolute atomic E-state index is 12.0. The number of nitrogens with two attached hydrogens (primary N) is 1. The predicted octanol–water partition coefficient (Wildman–Crippen LogP) is 1.91. The smallest absolute Gasteiger partial charge is 0.308 e.